The minimum atomic E-state index is -3.00. The Kier molecular flexibility index (Phi) is 5.94. The first-order valence-corrected chi connectivity index (χ1v) is 10.4. The molecule has 2 N–H and O–H groups in total. The predicted octanol–water partition coefficient (Wildman–Crippen LogP) is 3.95. The molecule has 0 saturated carbocycles. The quantitative estimate of drug-likeness (QED) is 0.617. The average Bonchev–Trinajstić information content (AvgIpc) is 3.27. The number of carbonyl (C=O) groups excluding carboxylic acids is 1. The highest BCUT2D eigenvalue weighted by Crippen LogP contribution is 2.39. The molecule has 1 aliphatic rings. The second-order valence-electron chi connectivity index (χ2n) is 6.70. The number of amides is 2. The lowest BCUT2D eigenvalue weighted by Crippen LogP contribution is -2.32. The van der Waals surface area contributed by atoms with E-state index in [-0.39, 0.29) is 5.82 Å². The standard InChI is InChI=1S/C20H16F3N5O2S/c21-15-10-14(11-4-6-24-7-5-11)16(13-3-1-2-12(13)15)27-20(29)28-31(30)19-17(18(22)23)25-8-9-26-19/h4-10,18H,1-3H2,(H2,27,28,29). The van der Waals surface area contributed by atoms with Crippen molar-refractivity contribution in [1.29, 1.82) is 0 Å². The van der Waals surface area contributed by atoms with Crippen LogP contribution in [0.1, 0.15) is 29.7 Å². The van der Waals surface area contributed by atoms with E-state index in [1.54, 1.807) is 24.5 Å². The van der Waals surface area contributed by atoms with E-state index < -0.39 is 34.2 Å². The summed E-state index contributed by atoms with van der Waals surface area (Å²) in [6.07, 6.45) is 4.06. The molecule has 0 spiro atoms. The van der Waals surface area contributed by atoms with Crippen LogP contribution in [0.25, 0.3) is 11.1 Å². The zero-order valence-corrected chi connectivity index (χ0v) is 16.8. The lowest BCUT2D eigenvalue weighted by Gasteiger charge is -2.17. The number of hydrogen-bond donors (Lipinski definition) is 2. The third-order valence-corrected chi connectivity index (χ3v) is 5.87. The molecule has 160 valence electrons. The zero-order chi connectivity index (χ0) is 22.0. The van der Waals surface area contributed by atoms with E-state index in [4.69, 9.17) is 0 Å². The minimum absolute atomic E-state index is 0.366. The van der Waals surface area contributed by atoms with Crippen molar-refractivity contribution < 1.29 is 22.2 Å². The number of alkyl halides is 2. The molecular formula is C20H16F3N5O2S. The van der Waals surface area contributed by atoms with Gasteiger partial charge in [0.05, 0.1) is 5.69 Å². The smallest absolute Gasteiger partial charge is 0.306 e. The molecule has 11 heteroatoms. The fraction of sp³-hybridized carbons (Fsp3) is 0.200. The second-order valence-corrected chi connectivity index (χ2v) is 7.83. The van der Waals surface area contributed by atoms with Crippen molar-refractivity contribution in [2.75, 3.05) is 5.32 Å². The van der Waals surface area contributed by atoms with Gasteiger partial charge in [0, 0.05) is 30.4 Å². The third kappa shape index (κ3) is 4.26. The summed E-state index contributed by atoms with van der Waals surface area (Å²) < 4.78 is 55.4. The lowest BCUT2D eigenvalue weighted by molar-refractivity contribution is 0.141. The summed E-state index contributed by atoms with van der Waals surface area (Å²) in [7, 11) is -2.37. The molecule has 3 aromatic rings. The Morgan fingerprint density at radius 2 is 1.77 bits per heavy atom. The van der Waals surface area contributed by atoms with Crippen LogP contribution in [0, 0.1) is 5.82 Å². The van der Waals surface area contributed by atoms with Gasteiger partial charge in [-0.3, -0.25) is 14.7 Å². The van der Waals surface area contributed by atoms with E-state index in [0.29, 0.717) is 40.8 Å². The molecule has 2 amide bonds. The van der Waals surface area contributed by atoms with Gasteiger partial charge in [-0.05, 0) is 54.2 Å². The van der Waals surface area contributed by atoms with Gasteiger partial charge in [0.25, 0.3) is 6.43 Å². The molecular weight excluding hydrogens is 431 g/mol. The van der Waals surface area contributed by atoms with Gasteiger partial charge in [-0.1, -0.05) is 0 Å². The molecule has 0 aliphatic heterocycles. The van der Waals surface area contributed by atoms with E-state index in [2.05, 4.69) is 25.0 Å². The molecule has 1 atom stereocenters. The van der Waals surface area contributed by atoms with Crippen molar-refractivity contribution in [2.24, 2.45) is 0 Å². The SMILES string of the molecule is O=C(Nc1c(-c2ccncc2)cc(F)c2c1CCC2)NS(=O)c1nccnc1C(F)F. The van der Waals surface area contributed by atoms with Gasteiger partial charge in [-0.25, -0.2) is 27.2 Å². The molecule has 0 fully saturated rings. The van der Waals surface area contributed by atoms with Crippen LogP contribution in [0.15, 0.2) is 48.0 Å². The van der Waals surface area contributed by atoms with E-state index in [0.717, 1.165) is 18.8 Å². The van der Waals surface area contributed by atoms with E-state index in [1.165, 1.54) is 6.07 Å². The largest absolute Gasteiger partial charge is 0.331 e. The van der Waals surface area contributed by atoms with Gasteiger partial charge in [-0.2, -0.15) is 0 Å². The zero-order valence-electron chi connectivity index (χ0n) is 15.9. The number of pyridine rings is 1. The molecule has 31 heavy (non-hydrogen) atoms. The maximum Gasteiger partial charge on any atom is 0.331 e. The fourth-order valence-corrected chi connectivity index (χ4v) is 4.34. The Labute approximate surface area is 177 Å². The predicted molar refractivity (Wildman–Crippen MR) is 107 cm³/mol. The number of nitrogens with one attached hydrogen (secondary N) is 2. The molecule has 4 rings (SSSR count). The average molecular weight is 447 g/mol. The number of fused-ring (bicyclic) bond motifs is 1. The van der Waals surface area contributed by atoms with Crippen LogP contribution in [0.3, 0.4) is 0 Å². The molecule has 2 heterocycles. The summed E-state index contributed by atoms with van der Waals surface area (Å²) in [5.41, 5.74) is 1.84. The van der Waals surface area contributed by atoms with Gasteiger partial charge in [0.2, 0.25) is 0 Å². The molecule has 7 nitrogen and oxygen atoms in total. The number of rotatable bonds is 5. The summed E-state index contributed by atoms with van der Waals surface area (Å²) in [4.78, 5) is 23.7. The van der Waals surface area contributed by atoms with Crippen LogP contribution in [-0.4, -0.2) is 25.2 Å². The summed E-state index contributed by atoms with van der Waals surface area (Å²) in [6.45, 7) is 0. The summed E-state index contributed by atoms with van der Waals surface area (Å²) in [5, 5.41) is 2.08. The Hall–Kier alpha value is -3.34. The number of urea groups is 1. The van der Waals surface area contributed by atoms with Crippen LogP contribution in [0.4, 0.5) is 23.7 Å². The Bertz CT molecular complexity index is 1160. The highest BCUT2D eigenvalue weighted by molar-refractivity contribution is 7.83. The second kappa shape index (κ2) is 8.80. The summed E-state index contributed by atoms with van der Waals surface area (Å²) in [6, 6.07) is 3.78. The number of anilines is 1. The monoisotopic (exact) mass is 447 g/mol. The third-order valence-electron chi connectivity index (χ3n) is 4.84. The van der Waals surface area contributed by atoms with E-state index in [9.17, 15) is 22.2 Å². The topological polar surface area (TPSA) is 96.9 Å². The van der Waals surface area contributed by atoms with Crippen LogP contribution < -0.4 is 10.0 Å². The molecule has 1 aromatic carbocycles. The summed E-state index contributed by atoms with van der Waals surface area (Å²) in [5.74, 6) is -0.366. The molecule has 2 aromatic heterocycles. The number of halogens is 3. The maximum atomic E-state index is 14.6. The first-order valence-electron chi connectivity index (χ1n) is 9.28. The number of nitrogens with zero attached hydrogens (tertiary/aromatic N) is 3. The van der Waals surface area contributed by atoms with Gasteiger partial charge in [0.1, 0.15) is 11.5 Å². The van der Waals surface area contributed by atoms with Crippen molar-refractivity contribution in [3.63, 3.8) is 0 Å². The fourth-order valence-electron chi connectivity index (χ4n) is 3.53. The first-order chi connectivity index (χ1) is 15.0. The molecule has 0 saturated heterocycles. The van der Waals surface area contributed by atoms with Crippen molar-refractivity contribution in [3.8, 4) is 11.1 Å². The van der Waals surface area contributed by atoms with Crippen molar-refractivity contribution in [1.82, 2.24) is 19.7 Å². The number of benzene rings is 1. The number of carbonyl (C=O) groups is 1. The summed E-state index contributed by atoms with van der Waals surface area (Å²) >= 11 is 0. The van der Waals surface area contributed by atoms with Gasteiger partial charge < -0.3 is 5.32 Å². The number of hydrogen-bond acceptors (Lipinski definition) is 5. The van der Waals surface area contributed by atoms with Crippen molar-refractivity contribution >= 4 is 22.7 Å². The van der Waals surface area contributed by atoms with Crippen LogP contribution in [0.5, 0.6) is 0 Å². The highest BCUT2D eigenvalue weighted by Gasteiger charge is 2.26. The molecule has 0 radical (unpaired) electrons. The van der Waals surface area contributed by atoms with Crippen LogP contribution in [0.2, 0.25) is 0 Å². The minimum Gasteiger partial charge on any atom is -0.306 e. The van der Waals surface area contributed by atoms with E-state index >= 15 is 0 Å². The van der Waals surface area contributed by atoms with Crippen molar-refractivity contribution in [3.05, 3.63) is 65.6 Å². The highest BCUT2D eigenvalue weighted by atomic mass is 32.2. The number of aromatic nitrogens is 3. The van der Waals surface area contributed by atoms with E-state index in [1.807, 2.05) is 0 Å². The van der Waals surface area contributed by atoms with Crippen molar-refractivity contribution in [2.45, 2.75) is 30.7 Å². The van der Waals surface area contributed by atoms with Gasteiger partial charge in [0.15, 0.2) is 16.0 Å². The van der Waals surface area contributed by atoms with Gasteiger partial charge in [-0.15, -0.1) is 0 Å². The van der Waals surface area contributed by atoms with Gasteiger partial charge >= 0.3 is 6.03 Å². The maximum absolute atomic E-state index is 14.6. The Balaban J connectivity index is 1.65. The molecule has 1 unspecified atom stereocenters. The lowest BCUT2D eigenvalue weighted by atomic mass is 9.97. The Morgan fingerprint density at radius 1 is 1.06 bits per heavy atom. The van der Waals surface area contributed by atoms with Crippen LogP contribution in [-0.2, 0) is 23.8 Å². The molecule has 0 bridgehead atoms. The van der Waals surface area contributed by atoms with Crippen LogP contribution >= 0.6 is 0 Å². The Morgan fingerprint density at radius 3 is 2.52 bits per heavy atom. The first kappa shape index (κ1) is 20.9. The molecule has 1 aliphatic carbocycles. The normalized spacial score (nSPS) is 13.7.